The maximum atomic E-state index is 9.14. The average Bonchev–Trinajstić information content (AvgIpc) is 2.98. The normalized spacial score (nSPS) is 26.7. The largest absolute Gasteiger partial charge is 0.348 e. The maximum Gasteiger partial charge on any atom is 0.203 e. The molecule has 3 N–H and O–H groups in total. The van der Waals surface area contributed by atoms with Crippen molar-refractivity contribution in [2.24, 2.45) is 22.3 Å². The van der Waals surface area contributed by atoms with Crippen LogP contribution in [0.25, 0.3) is 0 Å². The minimum absolute atomic E-state index is 0.252. The minimum Gasteiger partial charge on any atom is -0.348 e. The van der Waals surface area contributed by atoms with E-state index < -0.39 is 0 Å². The van der Waals surface area contributed by atoms with Gasteiger partial charge in [0.25, 0.3) is 0 Å². The van der Waals surface area contributed by atoms with Gasteiger partial charge in [-0.05, 0) is 44.3 Å². The Morgan fingerprint density at radius 3 is 2.79 bits per heavy atom. The Morgan fingerprint density at radius 2 is 2.37 bits per heavy atom. The smallest absolute Gasteiger partial charge is 0.203 e. The van der Waals surface area contributed by atoms with Crippen molar-refractivity contribution in [3.63, 3.8) is 0 Å². The maximum absolute atomic E-state index is 9.14. The number of hydrogen-bond acceptors (Lipinski definition) is 5. The van der Waals surface area contributed by atoms with Gasteiger partial charge >= 0.3 is 0 Å². The van der Waals surface area contributed by atoms with Crippen LogP contribution >= 0.6 is 0 Å². The topological polar surface area (TPSA) is 71.1 Å². The first-order valence-electron chi connectivity index (χ1n) is 6.18. The summed E-state index contributed by atoms with van der Waals surface area (Å²) in [7, 11) is 0. The predicted molar refractivity (Wildman–Crippen MR) is 74.8 cm³/mol. The molecular weight excluding hydrogens is 242 g/mol. The van der Waals surface area contributed by atoms with E-state index in [9.17, 15) is 0 Å². The summed E-state index contributed by atoms with van der Waals surface area (Å²) in [6.07, 6.45) is 4.26. The highest BCUT2D eigenvalue weighted by atomic mass is 16.6. The van der Waals surface area contributed by atoms with Gasteiger partial charge in [-0.2, -0.15) is 0 Å². The van der Waals surface area contributed by atoms with Crippen LogP contribution in [0.4, 0.5) is 0 Å². The molecule has 2 atom stereocenters. The van der Waals surface area contributed by atoms with Crippen molar-refractivity contribution in [3.05, 3.63) is 24.5 Å². The molecule has 0 aromatic carbocycles. The Labute approximate surface area is 114 Å². The molecule has 5 nitrogen and oxygen atoms in total. The van der Waals surface area contributed by atoms with Crippen LogP contribution in [0.3, 0.4) is 0 Å². The zero-order chi connectivity index (χ0) is 14.5. The number of nitrogens with zero attached hydrogens (tertiary/aromatic N) is 2. The molecule has 0 heterocycles. The summed E-state index contributed by atoms with van der Waals surface area (Å²) in [6, 6.07) is 0. The molecule has 104 valence electrons. The molecule has 0 bridgehead atoms. The molecule has 0 radical (unpaired) electrons. The third kappa shape index (κ3) is 4.52. The van der Waals surface area contributed by atoms with Crippen LogP contribution in [0, 0.1) is 23.2 Å². The van der Waals surface area contributed by atoms with Crippen LogP contribution in [0.1, 0.15) is 27.2 Å². The van der Waals surface area contributed by atoms with Crippen molar-refractivity contribution in [1.82, 2.24) is 5.17 Å². The summed E-state index contributed by atoms with van der Waals surface area (Å²) in [6.45, 7) is 9.61. The summed E-state index contributed by atoms with van der Waals surface area (Å²) < 4.78 is 0. The molecule has 0 saturated heterocycles. The van der Waals surface area contributed by atoms with Gasteiger partial charge in [-0.1, -0.05) is 24.6 Å². The van der Waals surface area contributed by atoms with Crippen molar-refractivity contribution in [1.29, 1.82) is 0 Å². The zero-order valence-corrected chi connectivity index (χ0v) is 11.7. The summed E-state index contributed by atoms with van der Waals surface area (Å²) >= 11 is 0. The predicted octanol–water partition coefficient (Wildman–Crippen LogP) is 2.06. The molecule has 0 aliphatic heterocycles. The summed E-state index contributed by atoms with van der Waals surface area (Å²) in [5.74, 6) is 12.2. The number of nitrogens with two attached hydrogens (primary N) is 1. The lowest BCUT2D eigenvalue weighted by atomic mass is 10.1. The fourth-order valence-electron chi connectivity index (χ4n) is 1.70. The van der Waals surface area contributed by atoms with Gasteiger partial charge in [0.2, 0.25) is 5.76 Å². The highest BCUT2D eigenvalue weighted by Gasteiger charge is 2.50. The minimum atomic E-state index is -0.252. The molecule has 0 spiro atoms. The van der Waals surface area contributed by atoms with E-state index in [0.717, 1.165) is 6.42 Å². The van der Waals surface area contributed by atoms with Crippen molar-refractivity contribution < 1.29 is 10.0 Å². The molecule has 19 heavy (non-hydrogen) atoms. The van der Waals surface area contributed by atoms with Crippen molar-refractivity contribution in [2.45, 2.75) is 27.2 Å². The molecule has 1 aliphatic carbocycles. The van der Waals surface area contributed by atoms with Gasteiger partial charge < -0.3 is 4.84 Å². The quantitative estimate of drug-likeness (QED) is 0.262. The van der Waals surface area contributed by atoms with Crippen LogP contribution < -0.4 is 5.84 Å². The SMILES string of the molecule is C=C/C(C)=N\O/C(C#CC1(CN(N)O)C[C@H]1C)=C\C. The van der Waals surface area contributed by atoms with Crippen molar-refractivity contribution >= 4 is 5.71 Å². The Morgan fingerprint density at radius 1 is 1.74 bits per heavy atom. The van der Waals surface area contributed by atoms with Crippen LogP contribution in [-0.4, -0.2) is 22.6 Å². The van der Waals surface area contributed by atoms with Gasteiger partial charge in [0.15, 0.2) is 0 Å². The van der Waals surface area contributed by atoms with E-state index in [-0.39, 0.29) is 5.41 Å². The van der Waals surface area contributed by atoms with E-state index in [1.54, 1.807) is 19.1 Å². The molecule has 1 aliphatic rings. The summed E-state index contributed by atoms with van der Waals surface area (Å²) in [4.78, 5) is 5.20. The summed E-state index contributed by atoms with van der Waals surface area (Å²) in [5, 5.41) is 13.7. The highest BCUT2D eigenvalue weighted by Crippen LogP contribution is 2.51. The molecule has 1 rings (SSSR count). The van der Waals surface area contributed by atoms with Gasteiger partial charge in [-0.3, -0.25) is 5.21 Å². The van der Waals surface area contributed by atoms with E-state index in [1.807, 2.05) is 6.92 Å². The molecule has 1 unspecified atom stereocenters. The second-order valence-electron chi connectivity index (χ2n) is 4.79. The Bertz CT molecular complexity index is 457. The fourth-order valence-corrected chi connectivity index (χ4v) is 1.70. The van der Waals surface area contributed by atoms with Gasteiger partial charge in [-0.15, -0.1) is 5.17 Å². The third-order valence-electron chi connectivity index (χ3n) is 3.18. The van der Waals surface area contributed by atoms with Crippen LogP contribution in [0.2, 0.25) is 0 Å². The van der Waals surface area contributed by atoms with Gasteiger partial charge in [-0.25, -0.2) is 5.84 Å². The van der Waals surface area contributed by atoms with E-state index >= 15 is 0 Å². The highest BCUT2D eigenvalue weighted by molar-refractivity contribution is 5.91. The first kappa shape index (κ1) is 15.4. The number of hydroxylamine groups is 1. The lowest BCUT2D eigenvalue weighted by Gasteiger charge is -2.13. The monoisotopic (exact) mass is 263 g/mol. The van der Waals surface area contributed by atoms with Crippen molar-refractivity contribution in [2.75, 3.05) is 6.54 Å². The lowest BCUT2D eigenvalue weighted by molar-refractivity contribution is -0.103. The molecule has 0 aromatic rings. The van der Waals surface area contributed by atoms with Gasteiger partial charge in [0.1, 0.15) is 0 Å². The Hall–Kier alpha value is -1.61. The molecule has 0 amide bonds. The zero-order valence-electron chi connectivity index (χ0n) is 11.7. The van der Waals surface area contributed by atoms with E-state index in [4.69, 9.17) is 15.9 Å². The second-order valence-corrected chi connectivity index (χ2v) is 4.79. The van der Waals surface area contributed by atoms with Gasteiger partial charge in [0, 0.05) is 0 Å². The number of allylic oxidation sites excluding steroid dienone is 3. The van der Waals surface area contributed by atoms with E-state index in [0.29, 0.717) is 29.1 Å². The molecule has 1 saturated carbocycles. The lowest BCUT2D eigenvalue weighted by Crippen LogP contribution is -2.33. The molecule has 0 aromatic heterocycles. The third-order valence-corrected chi connectivity index (χ3v) is 3.18. The Kier molecular flexibility index (Phi) is 5.31. The first-order chi connectivity index (χ1) is 8.93. The number of hydrogen-bond donors (Lipinski definition) is 2. The molecule has 1 fully saturated rings. The fraction of sp³-hybridized carbons (Fsp3) is 0.500. The first-order valence-corrected chi connectivity index (χ1v) is 6.18. The van der Waals surface area contributed by atoms with Crippen LogP contribution in [-0.2, 0) is 4.84 Å². The van der Waals surface area contributed by atoms with Crippen LogP contribution in [0.5, 0.6) is 0 Å². The summed E-state index contributed by atoms with van der Waals surface area (Å²) in [5.41, 5.74) is 0.428. The van der Waals surface area contributed by atoms with E-state index in [2.05, 4.69) is 30.5 Å². The second kappa shape index (κ2) is 6.53. The Balaban J connectivity index is 2.72. The van der Waals surface area contributed by atoms with Gasteiger partial charge in [0.05, 0.1) is 17.7 Å². The molecule has 5 heteroatoms. The number of oxime groups is 1. The number of hydrazine groups is 1. The molecular formula is C14H21N3O2. The van der Waals surface area contributed by atoms with Crippen LogP contribution in [0.15, 0.2) is 29.6 Å². The average molecular weight is 263 g/mol. The number of rotatable bonds is 5. The van der Waals surface area contributed by atoms with E-state index in [1.165, 1.54) is 0 Å². The van der Waals surface area contributed by atoms with Crippen molar-refractivity contribution in [3.8, 4) is 11.8 Å². The standard InChI is InChI=1S/C14H21N3O2/c1-5-12(4)16-19-13(6-2)7-8-14(9-11(14)3)10-17(15)18/h5-6,11,18H,1,9-10,15H2,2-4H3/b13-6-,16-12-/t11-,14?/m1/s1.